The number of ether oxygens (including phenoxy) is 2. The molecule has 0 bridgehead atoms. The van der Waals surface area contributed by atoms with E-state index in [0.29, 0.717) is 11.5 Å². The fourth-order valence-corrected chi connectivity index (χ4v) is 3.47. The fraction of sp³-hybridized carbons (Fsp3) is 0.222. The Balaban J connectivity index is 1.73. The summed E-state index contributed by atoms with van der Waals surface area (Å²) in [6, 6.07) is 12.8. The second kappa shape index (κ2) is 7.40. The van der Waals surface area contributed by atoms with Gasteiger partial charge in [0.1, 0.15) is 18.0 Å². The standard InChI is InChI=1S/C18H18N2O4S/c1-23-13-7-8-15(24-2)12(9-13)10-19-17(21)11-20-14-5-3-4-6-16(14)25-18(20)22/h3-9H,10-11H2,1-2H3,(H,19,21). The predicted molar refractivity (Wildman–Crippen MR) is 97.5 cm³/mol. The highest BCUT2D eigenvalue weighted by atomic mass is 32.1. The van der Waals surface area contributed by atoms with Crippen LogP contribution < -0.4 is 19.7 Å². The maximum Gasteiger partial charge on any atom is 0.308 e. The molecule has 6 nitrogen and oxygen atoms in total. The number of benzene rings is 2. The molecule has 0 saturated carbocycles. The minimum atomic E-state index is -0.240. The third-order valence-corrected chi connectivity index (χ3v) is 4.80. The average molecular weight is 358 g/mol. The number of amides is 1. The van der Waals surface area contributed by atoms with E-state index in [1.54, 1.807) is 26.4 Å². The summed E-state index contributed by atoms with van der Waals surface area (Å²) in [7, 11) is 3.16. The maximum absolute atomic E-state index is 12.3. The van der Waals surface area contributed by atoms with Gasteiger partial charge in [0.15, 0.2) is 0 Å². The van der Waals surface area contributed by atoms with Gasteiger partial charge in [-0.05, 0) is 30.3 Å². The molecular formula is C18H18N2O4S. The Bertz CT molecular complexity index is 961. The summed E-state index contributed by atoms with van der Waals surface area (Å²) in [5, 5.41) is 2.83. The van der Waals surface area contributed by atoms with E-state index >= 15 is 0 Å². The summed E-state index contributed by atoms with van der Waals surface area (Å²) in [5.41, 5.74) is 1.57. The molecule has 0 aliphatic heterocycles. The topological polar surface area (TPSA) is 69.6 Å². The van der Waals surface area contributed by atoms with Gasteiger partial charge >= 0.3 is 4.87 Å². The third-order valence-electron chi connectivity index (χ3n) is 3.84. The van der Waals surface area contributed by atoms with Gasteiger partial charge in [-0.1, -0.05) is 23.5 Å². The average Bonchev–Trinajstić information content (AvgIpc) is 2.95. The van der Waals surface area contributed by atoms with Gasteiger partial charge in [0.05, 0.1) is 24.4 Å². The number of rotatable bonds is 6. The number of hydrogen-bond donors (Lipinski definition) is 1. The monoisotopic (exact) mass is 358 g/mol. The number of nitrogens with zero attached hydrogens (tertiary/aromatic N) is 1. The van der Waals surface area contributed by atoms with Crippen LogP contribution in [0.2, 0.25) is 0 Å². The van der Waals surface area contributed by atoms with Gasteiger partial charge in [-0.25, -0.2) is 0 Å². The molecule has 0 unspecified atom stereocenters. The molecule has 2 aromatic carbocycles. The number of para-hydroxylation sites is 1. The van der Waals surface area contributed by atoms with Crippen molar-refractivity contribution in [3.05, 3.63) is 57.7 Å². The van der Waals surface area contributed by atoms with Crippen LogP contribution in [-0.4, -0.2) is 24.7 Å². The molecule has 1 N–H and O–H groups in total. The van der Waals surface area contributed by atoms with Crippen LogP contribution in [0.4, 0.5) is 0 Å². The van der Waals surface area contributed by atoms with Crippen LogP contribution in [0.1, 0.15) is 5.56 Å². The van der Waals surface area contributed by atoms with Crippen LogP contribution in [0.15, 0.2) is 47.3 Å². The predicted octanol–water partition coefficient (Wildman–Crippen LogP) is 2.40. The Morgan fingerprint density at radius 3 is 2.72 bits per heavy atom. The summed E-state index contributed by atoms with van der Waals surface area (Å²) in [5.74, 6) is 1.11. The number of carbonyl (C=O) groups is 1. The van der Waals surface area contributed by atoms with E-state index in [0.717, 1.165) is 27.1 Å². The molecule has 25 heavy (non-hydrogen) atoms. The Morgan fingerprint density at radius 1 is 1.16 bits per heavy atom. The first kappa shape index (κ1) is 17.0. The first-order valence-corrected chi connectivity index (χ1v) is 8.50. The Labute approximate surface area is 148 Å². The van der Waals surface area contributed by atoms with E-state index < -0.39 is 0 Å². The lowest BCUT2D eigenvalue weighted by atomic mass is 10.2. The number of nitrogens with one attached hydrogen (secondary N) is 1. The van der Waals surface area contributed by atoms with Crippen LogP contribution in [0.25, 0.3) is 10.2 Å². The third kappa shape index (κ3) is 3.66. The lowest BCUT2D eigenvalue weighted by Gasteiger charge is -2.11. The van der Waals surface area contributed by atoms with Crippen LogP contribution in [0.5, 0.6) is 11.5 Å². The minimum absolute atomic E-state index is 0.0187. The number of thiazole rings is 1. The minimum Gasteiger partial charge on any atom is -0.497 e. The van der Waals surface area contributed by atoms with Crippen molar-refractivity contribution < 1.29 is 14.3 Å². The highest BCUT2D eigenvalue weighted by molar-refractivity contribution is 7.16. The van der Waals surface area contributed by atoms with Gasteiger partial charge in [0.25, 0.3) is 0 Å². The number of hydrogen-bond acceptors (Lipinski definition) is 5. The molecule has 0 atom stereocenters. The molecule has 0 aliphatic rings. The van der Waals surface area contributed by atoms with E-state index in [4.69, 9.17) is 9.47 Å². The van der Waals surface area contributed by atoms with Crippen LogP contribution >= 0.6 is 11.3 Å². The SMILES string of the molecule is COc1ccc(OC)c(CNC(=O)Cn2c(=O)sc3ccccc32)c1. The number of methoxy groups -OCH3 is 2. The molecule has 1 amide bonds. The largest absolute Gasteiger partial charge is 0.497 e. The Morgan fingerprint density at radius 2 is 1.96 bits per heavy atom. The second-order valence-electron chi connectivity index (χ2n) is 5.38. The van der Waals surface area contributed by atoms with E-state index in [9.17, 15) is 9.59 Å². The molecule has 7 heteroatoms. The maximum atomic E-state index is 12.3. The fourth-order valence-electron chi connectivity index (χ4n) is 2.58. The highest BCUT2D eigenvalue weighted by Gasteiger charge is 2.12. The van der Waals surface area contributed by atoms with Crippen molar-refractivity contribution >= 4 is 27.5 Å². The first-order chi connectivity index (χ1) is 12.1. The number of carbonyl (C=O) groups excluding carboxylic acids is 1. The van der Waals surface area contributed by atoms with E-state index in [1.807, 2.05) is 30.3 Å². The lowest BCUT2D eigenvalue weighted by molar-refractivity contribution is -0.121. The molecular weight excluding hydrogens is 340 g/mol. The molecule has 1 aromatic heterocycles. The van der Waals surface area contributed by atoms with Gasteiger partial charge in [-0.15, -0.1) is 0 Å². The van der Waals surface area contributed by atoms with Gasteiger partial charge < -0.3 is 14.8 Å². The molecule has 0 fully saturated rings. The Hall–Kier alpha value is -2.80. The summed E-state index contributed by atoms with van der Waals surface area (Å²) in [6.45, 7) is 0.269. The summed E-state index contributed by atoms with van der Waals surface area (Å²) < 4.78 is 12.9. The molecule has 3 aromatic rings. The van der Waals surface area contributed by atoms with Gasteiger partial charge in [-0.3, -0.25) is 14.2 Å². The lowest BCUT2D eigenvalue weighted by Crippen LogP contribution is -2.30. The van der Waals surface area contributed by atoms with Crippen molar-refractivity contribution in [1.29, 1.82) is 0 Å². The quantitative estimate of drug-likeness (QED) is 0.735. The van der Waals surface area contributed by atoms with Crippen molar-refractivity contribution in [2.24, 2.45) is 0 Å². The molecule has 130 valence electrons. The van der Waals surface area contributed by atoms with Crippen molar-refractivity contribution in [3.63, 3.8) is 0 Å². The Kier molecular flexibility index (Phi) is 5.04. The molecule has 0 saturated heterocycles. The first-order valence-electron chi connectivity index (χ1n) is 7.68. The van der Waals surface area contributed by atoms with E-state index in [1.165, 1.54) is 4.57 Å². The smallest absolute Gasteiger partial charge is 0.308 e. The van der Waals surface area contributed by atoms with E-state index in [2.05, 4.69) is 5.32 Å². The van der Waals surface area contributed by atoms with Gasteiger partial charge in [-0.2, -0.15) is 0 Å². The second-order valence-corrected chi connectivity index (χ2v) is 6.37. The van der Waals surface area contributed by atoms with Crippen molar-refractivity contribution in [3.8, 4) is 11.5 Å². The zero-order chi connectivity index (χ0) is 17.8. The van der Waals surface area contributed by atoms with Crippen molar-refractivity contribution in [1.82, 2.24) is 9.88 Å². The molecule has 0 radical (unpaired) electrons. The molecule has 1 heterocycles. The highest BCUT2D eigenvalue weighted by Crippen LogP contribution is 2.23. The molecule has 3 rings (SSSR count). The van der Waals surface area contributed by atoms with Crippen molar-refractivity contribution in [2.45, 2.75) is 13.1 Å². The van der Waals surface area contributed by atoms with Crippen LogP contribution in [-0.2, 0) is 17.9 Å². The zero-order valence-electron chi connectivity index (χ0n) is 13.9. The summed E-state index contributed by atoms with van der Waals surface area (Å²) in [6.07, 6.45) is 0. The van der Waals surface area contributed by atoms with Crippen molar-refractivity contribution in [2.75, 3.05) is 14.2 Å². The van der Waals surface area contributed by atoms with Crippen LogP contribution in [0, 0.1) is 0 Å². The normalized spacial score (nSPS) is 10.6. The van der Waals surface area contributed by atoms with Gasteiger partial charge in [0.2, 0.25) is 5.91 Å². The molecule has 0 aliphatic carbocycles. The summed E-state index contributed by atoms with van der Waals surface area (Å²) >= 11 is 1.14. The number of aromatic nitrogens is 1. The molecule has 0 spiro atoms. The van der Waals surface area contributed by atoms with Gasteiger partial charge in [0, 0.05) is 12.1 Å². The zero-order valence-corrected chi connectivity index (χ0v) is 14.8. The number of fused-ring (bicyclic) bond motifs is 1. The van der Waals surface area contributed by atoms with Crippen LogP contribution in [0.3, 0.4) is 0 Å². The van der Waals surface area contributed by atoms with E-state index in [-0.39, 0.29) is 23.9 Å². The summed E-state index contributed by atoms with van der Waals surface area (Å²) in [4.78, 5) is 24.2.